The molecule has 1 aliphatic carbocycles. The number of nitrogens with one attached hydrogen (secondary N) is 1. The first kappa shape index (κ1) is 17.5. The highest BCUT2D eigenvalue weighted by molar-refractivity contribution is 5.88. The average molecular weight is 344 g/mol. The van der Waals surface area contributed by atoms with Crippen molar-refractivity contribution in [1.29, 1.82) is 0 Å². The summed E-state index contributed by atoms with van der Waals surface area (Å²) >= 11 is 0. The standard InChI is InChI=1S/C19H25FN4O/c1-13(2)24-14(3)10-18(22-24)21-19(25)23(17-8-5-9-17)12-15-6-4-7-16(20)11-15/h4,6-7,10-11,13,17H,5,8-9,12H2,1-3H3,(H,21,22,25). The molecule has 3 rings (SSSR count). The molecule has 1 aromatic heterocycles. The Morgan fingerprint density at radius 1 is 1.40 bits per heavy atom. The first-order chi connectivity index (χ1) is 11.9. The number of urea groups is 1. The van der Waals surface area contributed by atoms with Crippen molar-refractivity contribution in [2.24, 2.45) is 0 Å². The van der Waals surface area contributed by atoms with Crippen LogP contribution in [0.15, 0.2) is 30.3 Å². The molecule has 1 aliphatic rings. The molecule has 1 heterocycles. The number of anilines is 1. The third-order valence-electron chi connectivity index (χ3n) is 4.66. The molecule has 5 nitrogen and oxygen atoms in total. The molecule has 1 fully saturated rings. The smallest absolute Gasteiger partial charge is 0.317 e. The Morgan fingerprint density at radius 3 is 2.72 bits per heavy atom. The summed E-state index contributed by atoms with van der Waals surface area (Å²) in [6.45, 7) is 6.48. The zero-order chi connectivity index (χ0) is 18.0. The zero-order valence-corrected chi connectivity index (χ0v) is 15.0. The topological polar surface area (TPSA) is 50.2 Å². The van der Waals surface area contributed by atoms with Gasteiger partial charge >= 0.3 is 6.03 Å². The molecule has 25 heavy (non-hydrogen) atoms. The minimum atomic E-state index is -0.280. The highest BCUT2D eigenvalue weighted by Gasteiger charge is 2.29. The largest absolute Gasteiger partial charge is 0.323 e. The van der Waals surface area contributed by atoms with E-state index in [-0.39, 0.29) is 23.9 Å². The number of aryl methyl sites for hydroxylation is 1. The number of benzene rings is 1. The predicted molar refractivity (Wildman–Crippen MR) is 95.9 cm³/mol. The fraction of sp³-hybridized carbons (Fsp3) is 0.474. The molecule has 6 heteroatoms. The van der Waals surface area contributed by atoms with E-state index in [4.69, 9.17) is 0 Å². The van der Waals surface area contributed by atoms with Crippen LogP contribution in [0.3, 0.4) is 0 Å². The minimum absolute atomic E-state index is 0.178. The molecule has 0 radical (unpaired) electrons. The van der Waals surface area contributed by atoms with Crippen molar-refractivity contribution in [3.63, 3.8) is 0 Å². The number of aromatic nitrogens is 2. The fourth-order valence-corrected chi connectivity index (χ4v) is 3.15. The van der Waals surface area contributed by atoms with E-state index in [9.17, 15) is 9.18 Å². The second-order valence-electron chi connectivity index (χ2n) is 6.98. The summed E-state index contributed by atoms with van der Waals surface area (Å²) in [6, 6.07) is 8.56. The molecule has 1 N–H and O–H groups in total. The molecule has 2 amide bonds. The molecule has 0 spiro atoms. The van der Waals surface area contributed by atoms with Crippen molar-refractivity contribution in [2.75, 3.05) is 5.32 Å². The Kier molecular flexibility index (Phi) is 5.06. The van der Waals surface area contributed by atoms with Crippen LogP contribution in [-0.2, 0) is 6.54 Å². The fourth-order valence-electron chi connectivity index (χ4n) is 3.15. The number of carbonyl (C=O) groups is 1. The summed E-state index contributed by atoms with van der Waals surface area (Å²) in [5, 5.41) is 7.36. The number of nitrogens with zero attached hydrogens (tertiary/aromatic N) is 3. The lowest BCUT2D eigenvalue weighted by atomic mass is 9.91. The monoisotopic (exact) mass is 344 g/mol. The van der Waals surface area contributed by atoms with Gasteiger partial charge in [-0.2, -0.15) is 5.10 Å². The number of hydrogen-bond donors (Lipinski definition) is 1. The lowest BCUT2D eigenvalue weighted by molar-refractivity contribution is 0.143. The van der Waals surface area contributed by atoms with Crippen LogP contribution in [0.5, 0.6) is 0 Å². The molecular formula is C19H25FN4O. The van der Waals surface area contributed by atoms with Crippen LogP contribution in [0, 0.1) is 12.7 Å². The lowest BCUT2D eigenvalue weighted by Crippen LogP contribution is -2.45. The van der Waals surface area contributed by atoms with Crippen LogP contribution >= 0.6 is 0 Å². The van der Waals surface area contributed by atoms with Crippen LogP contribution < -0.4 is 5.32 Å². The van der Waals surface area contributed by atoms with Crippen LogP contribution in [0.1, 0.15) is 50.4 Å². The van der Waals surface area contributed by atoms with Gasteiger partial charge in [-0.25, -0.2) is 9.18 Å². The van der Waals surface area contributed by atoms with Crippen LogP contribution in [0.25, 0.3) is 0 Å². The molecule has 0 unspecified atom stereocenters. The number of amides is 2. The van der Waals surface area contributed by atoms with Crippen molar-refractivity contribution in [3.05, 3.63) is 47.4 Å². The number of carbonyl (C=O) groups excluding carboxylic acids is 1. The van der Waals surface area contributed by atoms with Gasteiger partial charge in [-0.3, -0.25) is 10.00 Å². The van der Waals surface area contributed by atoms with Gasteiger partial charge in [0.25, 0.3) is 0 Å². The molecule has 1 saturated carbocycles. The summed E-state index contributed by atoms with van der Waals surface area (Å²) in [6.07, 6.45) is 3.10. The quantitative estimate of drug-likeness (QED) is 0.868. The lowest BCUT2D eigenvalue weighted by Gasteiger charge is -2.37. The van der Waals surface area contributed by atoms with Crippen molar-refractivity contribution in [1.82, 2.24) is 14.7 Å². The van der Waals surface area contributed by atoms with E-state index < -0.39 is 0 Å². The maximum atomic E-state index is 13.5. The van der Waals surface area contributed by atoms with Gasteiger partial charge in [-0.05, 0) is 57.7 Å². The maximum Gasteiger partial charge on any atom is 0.323 e. The summed E-state index contributed by atoms with van der Waals surface area (Å²) in [4.78, 5) is 14.6. The second kappa shape index (κ2) is 7.25. The average Bonchev–Trinajstić information content (AvgIpc) is 2.85. The third kappa shape index (κ3) is 4.00. The molecule has 1 aromatic carbocycles. The number of halogens is 1. The summed E-state index contributed by atoms with van der Waals surface area (Å²) in [5.41, 5.74) is 1.80. The van der Waals surface area contributed by atoms with Crippen molar-refractivity contribution in [3.8, 4) is 0 Å². The number of rotatable bonds is 5. The van der Waals surface area contributed by atoms with E-state index in [0.29, 0.717) is 12.4 Å². The normalized spacial score (nSPS) is 14.4. The summed E-state index contributed by atoms with van der Waals surface area (Å²) in [5.74, 6) is 0.275. The van der Waals surface area contributed by atoms with E-state index in [1.54, 1.807) is 11.0 Å². The first-order valence-electron chi connectivity index (χ1n) is 8.82. The van der Waals surface area contributed by atoms with Crippen molar-refractivity contribution in [2.45, 2.75) is 58.7 Å². The van der Waals surface area contributed by atoms with Gasteiger partial charge in [0.1, 0.15) is 5.82 Å². The van der Waals surface area contributed by atoms with Gasteiger partial charge in [0, 0.05) is 30.4 Å². The van der Waals surface area contributed by atoms with E-state index in [0.717, 1.165) is 30.5 Å². The van der Waals surface area contributed by atoms with Crippen LogP contribution in [-0.4, -0.2) is 26.8 Å². The van der Waals surface area contributed by atoms with Crippen molar-refractivity contribution < 1.29 is 9.18 Å². The molecule has 2 aromatic rings. The molecule has 0 saturated heterocycles. The van der Waals surface area contributed by atoms with E-state index in [2.05, 4.69) is 24.3 Å². The van der Waals surface area contributed by atoms with Crippen LogP contribution in [0.2, 0.25) is 0 Å². The predicted octanol–water partition coefficient (Wildman–Crippen LogP) is 4.50. The third-order valence-corrected chi connectivity index (χ3v) is 4.66. The van der Waals surface area contributed by atoms with Gasteiger partial charge < -0.3 is 4.90 Å². The Labute approximate surface area is 147 Å². The molecule has 0 bridgehead atoms. The van der Waals surface area contributed by atoms with Crippen LogP contribution in [0.4, 0.5) is 15.0 Å². The second-order valence-corrected chi connectivity index (χ2v) is 6.98. The molecule has 134 valence electrons. The Bertz CT molecular complexity index is 752. The van der Waals surface area contributed by atoms with Gasteiger partial charge in [0.15, 0.2) is 5.82 Å². The zero-order valence-electron chi connectivity index (χ0n) is 15.0. The molecular weight excluding hydrogens is 319 g/mol. The first-order valence-corrected chi connectivity index (χ1v) is 8.82. The highest BCUT2D eigenvalue weighted by Crippen LogP contribution is 2.27. The van der Waals surface area contributed by atoms with Gasteiger partial charge in [-0.1, -0.05) is 12.1 Å². The summed E-state index contributed by atoms with van der Waals surface area (Å²) in [7, 11) is 0. The van der Waals surface area contributed by atoms with E-state index in [1.165, 1.54) is 12.1 Å². The van der Waals surface area contributed by atoms with Gasteiger partial charge in [0.2, 0.25) is 0 Å². The highest BCUT2D eigenvalue weighted by atomic mass is 19.1. The van der Waals surface area contributed by atoms with E-state index in [1.807, 2.05) is 23.7 Å². The van der Waals surface area contributed by atoms with Gasteiger partial charge in [-0.15, -0.1) is 0 Å². The minimum Gasteiger partial charge on any atom is -0.317 e. The maximum absolute atomic E-state index is 13.5. The Balaban J connectivity index is 1.74. The van der Waals surface area contributed by atoms with Gasteiger partial charge in [0.05, 0.1) is 0 Å². The number of hydrogen-bond acceptors (Lipinski definition) is 2. The SMILES string of the molecule is Cc1cc(NC(=O)N(Cc2cccc(F)c2)C2CCC2)nn1C(C)C. The molecule has 0 atom stereocenters. The Morgan fingerprint density at radius 2 is 2.16 bits per heavy atom. The van der Waals surface area contributed by atoms with E-state index >= 15 is 0 Å². The Hall–Kier alpha value is -2.37. The van der Waals surface area contributed by atoms with Crippen molar-refractivity contribution >= 4 is 11.8 Å². The summed E-state index contributed by atoms with van der Waals surface area (Å²) < 4.78 is 15.3. The molecule has 0 aliphatic heterocycles.